The lowest BCUT2D eigenvalue weighted by Gasteiger charge is -2.37. The van der Waals surface area contributed by atoms with Gasteiger partial charge in [0.2, 0.25) is 15.9 Å². The molecule has 2 aliphatic heterocycles. The van der Waals surface area contributed by atoms with Gasteiger partial charge in [0.15, 0.2) is 0 Å². The number of sulfonamides is 1. The van der Waals surface area contributed by atoms with Gasteiger partial charge in [-0.15, -0.1) is 16.4 Å². The Bertz CT molecular complexity index is 823. The molecule has 1 saturated carbocycles. The zero-order valence-corrected chi connectivity index (χ0v) is 21.0. The number of hydrazine groups is 1. The first-order chi connectivity index (χ1) is 16.1. The zero-order chi connectivity index (χ0) is 24.9. The number of carbonyl (C=O) groups excluding carboxylic acids is 2. The number of amides is 3. The van der Waals surface area contributed by atoms with Gasteiger partial charge in [0.05, 0.1) is 23.7 Å². The van der Waals surface area contributed by atoms with Crippen LogP contribution < -0.4 is 20.9 Å². The van der Waals surface area contributed by atoms with E-state index in [4.69, 9.17) is 16.7 Å². The van der Waals surface area contributed by atoms with Crippen LogP contribution in [0.1, 0.15) is 25.7 Å². The van der Waals surface area contributed by atoms with Gasteiger partial charge in [0.25, 0.3) is 0 Å². The maximum Gasteiger partial charge on any atom is 0.317 e. The number of carbonyl (C=O) groups is 2. The molecular formula is C20H36ClFN6O5S. The Morgan fingerprint density at radius 3 is 2.71 bits per heavy atom. The van der Waals surface area contributed by atoms with Crippen molar-refractivity contribution in [3.63, 3.8) is 0 Å². The summed E-state index contributed by atoms with van der Waals surface area (Å²) in [6, 6.07) is -0.244. The van der Waals surface area contributed by atoms with Crippen LogP contribution in [0.15, 0.2) is 0 Å². The summed E-state index contributed by atoms with van der Waals surface area (Å²) >= 11 is 6.22. The Morgan fingerprint density at radius 1 is 1.26 bits per heavy atom. The smallest absolute Gasteiger partial charge is 0.317 e. The van der Waals surface area contributed by atoms with Crippen LogP contribution in [0.5, 0.6) is 0 Å². The summed E-state index contributed by atoms with van der Waals surface area (Å²) in [7, 11) is -1.93. The molecule has 2 saturated heterocycles. The molecule has 34 heavy (non-hydrogen) atoms. The standard InChI is InChI=1S/C20H36ClFN6O5S/c1-27-10-17(24-12-27)14-7-15(18(22)16(21)8-14)19(30)25-26-34(32,33)11-13-3-2-5-28(9-13)20(31)23-4-6-29/h13-18,24,26,29H,2-12H2,1H3,(H,23,31)(H,25,30). The Hall–Kier alpha value is -1.25. The first-order valence-electron chi connectivity index (χ1n) is 11.7. The number of likely N-dealkylation sites (N-methyl/N-ethyl adjacent to an activating group) is 1. The van der Waals surface area contributed by atoms with Crippen LogP contribution in [0.2, 0.25) is 0 Å². The van der Waals surface area contributed by atoms with E-state index in [-0.39, 0.29) is 55.8 Å². The zero-order valence-electron chi connectivity index (χ0n) is 19.4. The van der Waals surface area contributed by atoms with E-state index in [1.165, 1.54) is 4.90 Å². The lowest BCUT2D eigenvalue weighted by atomic mass is 9.76. The monoisotopic (exact) mass is 526 g/mol. The number of piperidine rings is 1. The Labute approximate surface area is 205 Å². The number of alkyl halides is 2. The second kappa shape index (κ2) is 12.1. The summed E-state index contributed by atoms with van der Waals surface area (Å²) in [5.41, 5.74) is 2.19. The molecule has 1 aliphatic carbocycles. The maximum absolute atomic E-state index is 14.8. The number of nitrogens with zero attached hydrogens (tertiary/aromatic N) is 2. The molecular weight excluding hydrogens is 491 g/mol. The Kier molecular flexibility index (Phi) is 9.75. The van der Waals surface area contributed by atoms with E-state index in [1.807, 2.05) is 7.05 Å². The first-order valence-corrected chi connectivity index (χ1v) is 13.8. The van der Waals surface area contributed by atoms with Crippen LogP contribution in [0, 0.1) is 17.8 Å². The van der Waals surface area contributed by atoms with Crippen molar-refractivity contribution in [1.82, 2.24) is 30.7 Å². The van der Waals surface area contributed by atoms with Crippen molar-refractivity contribution < 1.29 is 27.5 Å². The summed E-state index contributed by atoms with van der Waals surface area (Å²) < 4.78 is 39.9. The third-order valence-electron chi connectivity index (χ3n) is 6.83. The van der Waals surface area contributed by atoms with E-state index < -0.39 is 33.4 Å². The SMILES string of the molecule is CN1CNC(C2CC(Cl)C(F)C(C(=O)NNS(=O)(=O)CC3CCCN(C(=O)NCCO)C3)C2)C1. The summed E-state index contributed by atoms with van der Waals surface area (Å²) in [6.45, 7) is 2.19. The number of halogens is 2. The van der Waals surface area contributed by atoms with Crippen LogP contribution >= 0.6 is 11.6 Å². The number of urea groups is 1. The molecule has 0 aromatic carbocycles. The third-order valence-corrected chi connectivity index (χ3v) is 8.57. The van der Waals surface area contributed by atoms with Crippen LogP contribution in [0.3, 0.4) is 0 Å². The van der Waals surface area contributed by atoms with Gasteiger partial charge in [-0.2, -0.15) is 0 Å². The van der Waals surface area contributed by atoms with Crippen LogP contribution in [0.4, 0.5) is 9.18 Å². The molecule has 0 spiro atoms. The normalized spacial score (nSPS) is 33.0. The molecule has 14 heteroatoms. The van der Waals surface area contributed by atoms with Crippen molar-refractivity contribution in [3.05, 3.63) is 0 Å². The second-order valence-electron chi connectivity index (χ2n) is 9.59. The highest BCUT2D eigenvalue weighted by molar-refractivity contribution is 7.89. The number of nitrogens with one attached hydrogen (secondary N) is 4. The van der Waals surface area contributed by atoms with E-state index >= 15 is 0 Å². The van der Waals surface area contributed by atoms with Crippen molar-refractivity contribution in [1.29, 1.82) is 0 Å². The minimum atomic E-state index is -3.90. The minimum Gasteiger partial charge on any atom is -0.395 e. The molecule has 0 aromatic rings. The highest BCUT2D eigenvalue weighted by Crippen LogP contribution is 2.37. The lowest BCUT2D eigenvalue weighted by Crippen LogP contribution is -2.53. The molecule has 2 heterocycles. The fourth-order valence-corrected chi connectivity index (χ4v) is 6.73. The predicted octanol–water partition coefficient (Wildman–Crippen LogP) is -0.816. The van der Waals surface area contributed by atoms with Crippen LogP contribution in [-0.4, -0.2) is 105 Å². The van der Waals surface area contributed by atoms with Gasteiger partial charge in [0.1, 0.15) is 6.17 Å². The van der Waals surface area contributed by atoms with Crippen molar-refractivity contribution in [2.45, 2.75) is 43.3 Å². The van der Waals surface area contributed by atoms with Crippen molar-refractivity contribution in [2.75, 3.05) is 52.3 Å². The molecule has 196 valence electrons. The van der Waals surface area contributed by atoms with Crippen molar-refractivity contribution in [3.8, 4) is 0 Å². The predicted molar refractivity (Wildman–Crippen MR) is 125 cm³/mol. The van der Waals surface area contributed by atoms with Gasteiger partial charge < -0.3 is 15.3 Å². The topological polar surface area (TPSA) is 143 Å². The highest BCUT2D eigenvalue weighted by Gasteiger charge is 2.44. The fraction of sp³-hybridized carbons (Fsp3) is 0.900. The number of hydrogen-bond acceptors (Lipinski definition) is 7. The van der Waals surface area contributed by atoms with Crippen molar-refractivity contribution in [2.24, 2.45) is 17.8 Å². The average Bonchev–Trinajstić information content (AvgIpc) is 3.23. The van der Waals surface area contributed by atoms with E-state index in [0.29, 0.717) is 32.5 Å². The molecule has 6 unspecified atom stereocenters. The summed E-state index contributed by atoms with van der Waals surface area (Å²) in [5, 5.41) is 13.9. The molecule has 0 radical (unpaired) electrons. The number of hydrogen-bond donors (Lipinski definition) is 5. The van der Waals surface area contributed by atoms with E-state index in [1.54, 1.807) is 0 Å². The summed E-state index contributed by atoms with van der Waals surface area (Å²) in [5.74, 6) is -2.35. The molecule has 3 fully saturated rings. The molecule has 0 bridgehead atoms. The van der Waals surface area contributed by atoms with Gasteiger partial charge in [-0.3, -0.25) is 20.4 Å². The van der Waals surface area contributed by atoms with Crippen LogP contribution in [0.25, 0.3) is 0 Å². The molecule has 3 amide bonds. The lowest BCUT2D eigenvalue weighted by molar-refractivity contribution is -0.129. The molecule has 6 atom stereocenters. The molecule has 3 rings (SSSR count). The van der Waals surface area contributed by atoms with Gasteiger partial charge >= 0.3 is 6.03 Å². The number of likely N-dealkylation sites (tertiary alicyclic amines) is 1. The van der Waals surface area contributed by atoms with Gasteiger partial charge in [0, 0.05) is 38.9 Å². The first kappa shape index (κ1) is 27.3. The van der Waals surface area contributed by atoms with Gasteiger partial charge in [-0.05, 0) is 44.6 Å². The quantitative estimate of drug-likeness (QED) is 0.205. The van der Waals surface area contributed by atoms with Crippen LogP contribution in [-0.2, 0) is 14.8 Å². The number of aliphatic hydroxyl groups excluding tert-OH is 1. The Morgan fingerprint density at radius 2 is 2.03 bits per heavy atom. The fourth-order valence-electron chi connectivity index (χ4n) is 5.09. The van der Waals surface area contributed by atoms with Gasteiger partial charge in [-0.1, -0.05) is 0 Å². The molecule has 5 N–H and O–H groups in total. The van der Waals surface area contributed by atoms with E-state index in [0.717, 1.165) is 6.54 Å². The van der Waals surface area contributed by atoms with E-state index in [2.05, 4.69) is 25.8 Å². The minimum absolute atomic E-state index is 0.0111. The molecule has 0 aromatic heterocycles. The van der Waals surface area contributed by atoms with Crippen molar-refractivity contribution >= 4 is 33.6 Å². The maximum atomic E-state index is 14.8. The summed E-state index contributed by atoms with van der Waals surface area (Å²) in [6.07, 6.45) is 0.434. The number of aliphatic hydroxyl groups is 1. The largest absolute Gasteiger partial charge is 0.395 e. The number of rotatable bonds is 8. The summed E-state index contributed by atoms with van der Waals surface area (Å²) in [4.78, 5) is 30.5. The molecule has 11 nitrogen and oxygen atoms in total. The third kappa shape index (κ3) is 7.37. The molecule has 3 aliphatic rings. The highest BCUT2D eigenvalue weighted by atomic mass is 35.5. The van der Waals surface area contributed by atoms with Gasteiger partial charge in [-0.25, -0.2) is 17.6 Å². The average molecular weight is 527 g/mol. The van der Waals surface area contributed by atoms with E-state index in [9.17, 15) is 22.4 Å². The Balaban J connectivity index is 1.51. The second-order valence-corrected chi connectivity index (χ2v) is 11.9.